The van der Waals surface area contributed by atoms with Crippen molar-refractivity contribution in [2.75, 3.05) is 13.1 Å². The zero-order valence-corrected chi connectivity index (χ0v) is 22.4. The first-order chi connectivity index (χ1) is 19.2. The largest absolute Gasteiger partial charge is 0.480 e. The number of H-pyrrole nitrogens is 1. The Morgan fingerprint density at radius 3 is 2.38 bits per heavy atom. The fraction of sp³-hybridized carbons (Fsp3) is 0.519. The first-order valence-corrected chi connectivity index (χ1v) is 13.6. The lowest BCUT2D eigenvalue weighted by atomic mass is 10.0. The second kappa shape index (κ2) is 15.0. The van der Waals surface area contributed by atoms with Crippen molar-refractivity contribution in [3.63, 3.8) is 0 Å². The van der Waals surface area contributed by atoms with Crippen molar-refractivity contribution >= 4 is 40.5 Å². The van der Waals surface area contributed by atoms with Crippen molar-refractivity contribution in [1.29, 1.82) is 0 Å². The van der Waals surface area contributed by atoms with Gasteiger partial charge in [-0.05, 0) is 63.2 Å². The number of carbonyl (C=O) groups is 5. The molecular weight excluding hydrogens is 518 g/mol. The number of aliphatic carboxylic acids is 1. The number of rotatable bonds is 16. The molecule has 40 heavy (non-hydrogen) atoms. The fourth-order valence-electron chi connectivity index (χ4n) is 4.76. The van der Waals surface area contributed by atoms with Gasteiger partial charge in [-0.3, -0.25) is 19.2 Å². The van der Waals surface area contributed by atoms with Crippen LogP contribution >= 0.6 is 0 Å². The minimum Gasteiger partial charge on any atom is -0.480 e. The molecule has 0 aliphatic carbocycles. The Labute approximate surface area is 232 Å². The molecule has 0 saturated carbocycles. The number of aromatic amines is 1. The lowest BCUT2D eigenvalue weighted by Crippen LogP contribution is -2.57. The van der Waals surface area contributed by atoms with Gasteiger partial charge in [-0.25, -0.2) is 4.79 Å². The van der Waals surface area contributed by atoms with Gasteiger partial charge in [0.25, 0.3) is 0 Å². The third-order valence-corrected chi connectivity index (χ3v) is 6.98. The number of carboxylic acid groups (broad SMARTS) is 1. The number of para-hydroxylation sites is 1. The maximum Gasteiger partial charge on any atom is 0.326 e. The molecule has 1 aromatic carbocycles. The number of benzene rings is 1. The van der Waals surface area contributed by atoms with Crippen molar-refractivity contribution in [3.8, 4) is 0 Å². The van der Waals surface area contributed by atoms with E-state index in [2.05, 4.69) is 26.3 Å². The number of hydrogen-bond donors (Lipinski definition) is 8. The van der Waals surface area contributed by atoms with Gasteiger partial charge in [0.15, 0.2) is 0 Å². The summed E-state index contributed by atoms with van der Waals surface area (Å²) in [7, 11) is 0. The number of nitrogens with one attached hydrogen (secondary N) is 5. The van der Waals surface area contributed by atoms with Gasteiger partial charge < -0.3 is 42.8 Å². The van der Waals surface area contributed by atoms with E-state index in [1.165, 1.54) is 0 Å². The van der Waals surface area contributed by atoms with Gasteiger partial charge in [-0.15, -0.1) is 0 Å². The molecule has 0 radical (unpaired) electrons. The number of nitrogens with two attached hydrogens (primary N) is 2. The van der Waals surface area contributed by atoms with E-state index in [9.17, 15) is 29.1 Å². The Morgan fingerprint density at radius 2 is 1.70 bits per heavy atom. The Balaban J connectivity index is 1.82. The van der Waals surface area contributed by atoms with Gasteiger partial charge >= 0.3 is 5.97 Å². The van der Waals surface area contributed by atoms with Crippen molar-refractivity contribution in [2.24, 2.45) is 11.5 Å². The van der Waals surface area contributed by atoms with E-state index >= 15 is 0 Å². The molecule has 3 rings (SSSR count). The third kappa shape index (κ3) is 8.78. The van der Waals surface area contributed by atoms with E-state index in [1.807, 2.05) is 24.3 Å². The van der Waals surface area contributed by atoms with Crippen LogP contribution in [-0.4, -0.2) is 76.9 Å². The fourth-order valence-corrected chi connectivity index (χ4v) is 4.76. The summed E-state index contributed by atoms with van der Waals surface area (Å²) in [6, 6.07) is 3.53. The molecule has 1 aromatic heterocycles. The first kappa shape index (κ1) is 30.6. The van der Waals surface area contributed by atoms with Crippen LogP contribution in [0.2, 0.25) is 0 Å². The van der Waals surface area contributed by atoms with Crippen LogP contribution in [-0.2, 0) is 30.4 Å². The molecule has 1 fully saturated rings. The summed E-state index contributed by atoms with van der Waals surface area (Å²) < 4.78 is 0. The van der Waals surface area contributed by atoms with Gasteiger partial charge in [0, 0.05) is 29.9 Å². The molecular formula is C27H39N7O6. The molecule has 2 aromatic rings. The summed E-state index contributed by atoms with van der Waals surface area (Å²) in [6.07, 6.45) is 4.29. The average molecular weight is 558 g/mol. The third-order valence-electron chi connectivity index (χ3n) is 6.98. The molecule has 0 bridgehead atoms. The zero-order valence-electron chi connectivity index (χ0n) is 22.4. The molecule has 2 heterocycles. The van der Waals surface area contributed by atoms with Crippen LogP contribution in [0.1, 0.15) is 50.5 Å². The van der Waals surface area contributed by atoms with E-state index in [1.54, 1.807) is 6.20 Å². The summed E-state index contributed by atoms with van der Waals surface area (Å²) in [5.41, 5.74) is 12.4. The number of primary amides is 1. The number of amides is 4. The van der Waals surface area contributed by atoms with Gasteiger partial charge in [0.05, 0.1) is 6.04 Å². The van der Waals surface area contributed by atoms with E-state index in [0.717, 1.165) is 22.9 Å². The molecule has 218 valence electrons. The highest BCUT2D eigenvalue weighted by Crippen LogP contribution is 2.19. The summed E-state index contributed by atoms with van der Waals surface area (Å²) in [6.45, 7) is 1.08. The predicted octanol–water partition coefficient (Wildman–Crippen LogP) is -0.604. The summed E-state index contributed by atoms with van der Waals surface area (Å²) >= 11 is 0. The van der Waals surface area contributed by atoms with Crippen LogP contribution in [0.15, 0.2) is 30.5 Å². The Bertz CT molecular complexity index is 1190. The number of hydrogen-bond acceptors (Lipinski definition) is 7. The average Bonchev–Trinajstić information content (AvgIpc) is 3.60. The predicted molar refractivity (Wildman–Crippen MR) is 148 cm³/mol. The zero-order chi connectivity index (χ0) is 29.1. The van der Waals surface area contributed by atoms with Crippen LogP contribution in [0, 0.1) is 0 Å². The second-order valence-electron chi connectivity index (χ2n) is 10.0. The lowest BCUT2D eigenvalue weighted by molar-refractivity contribution is -0.142. The standard InChI is InChI=1S/C27H39N7O6/c28-12-4-3-8-21(27(39)40)33-26(38)22(14-16-15-31-18-7-2-1-6-17(16)18)34-25(37)20(10-11-23(29)35)32-24(36)19-9-5-13-30-19/h1-2,6-7,15,19-22,30-31H,3-5,8-14,28H2,(H2,29,35)(H,32,36)(H,33,38)(H,34,37)(H,39,40). The number of fused-ring (bicyclic) bond motifs is 1. The summed E-state index contributed by atoms with van der Waals surface area (Å²) in [4.78, 5) is 66.0. The Morgan fingerprint density at radius 1 is 0.975 bits per heavy atom. The minimum atomic E-state index is -1.20. The highest BCUT2D eigenvalue weighted by molar-refractivity contribution is 5.95. The molecule has 1 aliphatic rings. The van der Waals surface area contributed by atoms with Gasteiger partial charge in [0.2, 0.25) is 23.6 Å². The van der Waals surface area contributed by atoms with Gasteiger partial charge in [-0.2, -0.15) is 0 Å². The molecule has 4 amide bonds. The van der Waals surface area contributed by atoms with Crippen molar-refractivity contribution in [3.05, 3.63) is 36.0 Å². The SMILES string of the molecule is NCCCCC(NC(=O)C(Cc1c[nH]c2ccccc12)NC(=O)C(CCC(N)=O)NC(=O)C1CCCN1)C(=O)O. The molecule has 13 heteroatoms. The van der Waals surface area contributed by atoms with E-state index < -0.39 is 47.9 Å². The monoisotopic (exact) mass is 557 g/mol. The topological polar surface area (TPSA) is 222 Å². The van der Waals surface area contributed by atoms with Crippen molar-refractivity contribution in [2.45, 2.75) is 75.5 Å². The molecule has 1 saturated heterocycles. The molecule has 0 spiro atoms. The first-order valence-electron chi connectivity index (χ1n) is 13.6. The summed E-state index contributed by atoms with van der Waals surface area (Å²) in [5, 5.41) is 21.5. The van der Waals surface area contributed by atoms with Gasteiger partial charge in [0.1, 0.15) is 18.1 Å². The smallest absolute Gasteiger partial charge is 0.326 e. The summed E-state index contributed by atoms with van der Waals surface area (Å²) in [5.74, 6) is -3.58. The molecule has 1 aliphatic heterocycles. The van der Waals surface area contributed by atoms with E-state index in [4.69, 9.17) is 11.5 Å². The van der Waals surface area contributed by atoms with Gasteiger partial charge in [-0.1, -0.05) is 18.2 Å². The maximum absolute atomic E-state index is 13.4. The van der Waals surface area contributed by atoms with Crippen LogP contribution in [0.3, 0.4) is 0 Å². The number of aromatic nitrogens is 1. The minimum absolute atomic E-state index is 0.0530. The van der Waals surface area contributed by atoms with E-state index in [-0.39, 0.29) is 31.6 Å². The van der Waals surface area contributed by atoms with E-state index in [0.29, 0.717) is 32.4 Å². The van der Waals surface area contributed by atoms with Crippen molar-refractivity contribution < 1.29 is 29.1 Å². The van der Waals surface area contributed by atoms with Crippen LogP contribution < -0.4 is 32.7 Å². The highest BCUT2D eigenvalue weighted by Gasteiger charge is 2.32. The molecule has 4 unspecified atom stereocenters. The number of unbranched alkanes of at least 4 members (excludes halogenated alkanes) is 1. The highest BCUT2D eigenvalue weighted by atomic mass is 16.4. The number of carboxylic acids is 1. The quantitative estimate of drug-likeness (QED) is 0.124. The Kier molecular flexibility index (Phi) is 11.5. The maximum atomic E-state index is 13.4. The van der Waals surface area contributed by atoms with Crippen molar-refractivity contribution in [1.82, 2.24) is 26.3 Å². The van der Waals surface area contributed by atoms with Crippen LogP contribution in [0.4, 0.5) is 0 Å². The normalized spacial score (nSPS) is 17.1. The second-order valence-corrected chi connectivity index (χ2v) is 10.0. The van der Waals surface area contributed by atoms with Crippen LogP contribution in [0.25, 0.3) is 10.9 Å². The Hall–Kier alpha value is -3.97. The van der Waals surface area contributed by atoms with Crippen LogP contribution in [0.5, 0.6) is 0 Å². The molecule has 10 N–H and O–H groups in total. The number of carbonyl (C=O) groups excluding carboxylic acids is 4. The molecule has 13 nitrogen and oxygen atoms in total. The lowest BCUT2D eigenvalue weighted by Gasteiger charge is -2.25. The molecule has 4 atom stereocenters.